The van der Waals surface area contributed by atoms with Gasteiger partial charge in [0.2, 0.25) is 0 Å². The van der Waals surface area contributed by atoms with Gasteiger partial charge in [-0.1, -0.05) is 18.2 Å². The number of alkyl halides is 2. The average Bonchev–Trinajstić information content (AvgIpc) is 3.00. The number of guanidine groups is 1. The van der Waals surface area contributed by atoms with Gasteiger partial charge < -0.3 is 15.4 Å². The normalized spacial score (nSPS) is 11.2. The molecule has 0 atom stereocenters. The second-order valence-corrected chi connectivity index (χ2v) is 5.46. The number of hydrogen-bond acceptors (Lipinski definition) is 3. The molecule has 0 fully saturated rings. The van der Waals surface area contributed by atoms with E-state index in [1.54, 1.807) is 29.9 Å². The Balaban J connectivity index is 0.00000338. The summed E-state index contributed by atoms with van der Waals surface area (Å²) in [5, 5.41) is 10.4. The first-order chi connectivity index (χ1) is 12.1. The van der Waals surface area contributed by atoms with Gasteiger partial charge in [0, 0.05) is 38.9 Å². The van der Waals surface area contributed by atoms with Crippen LogP contribution < -0.4 is 15.4 Å². The lowest BCUT2D eigenvalue weighted by molar-refractivity contribution is -0.0504. The van der Waals surface area contributed by atoms with Crippen LogP contribution in [0.15, 0.2) is 41.7 Å². The lowest BCUT2D eigenvalue weighted by atomic mass is 10.2. The smallest absolute Gasteiger partial charge is 0.387 e. The van der Waals surface area contributed by atoms with E-state index in [1.165, 1.54) is 11.6 Å². The van der Waals surface area contributed by atoms with Crippen LogP contribution in [0, 0.1) is 0 Å². The highest BCUT2D eigenvalue weighted by molar-refractivity contribution is 14.0. The Morgan fingerprint density at radius 2 is 2.08 bits per heavy atom. The summed E-state index contributed by atoms with van der Waals surface area (Å²) in [5.74, 6) is 0.773. The molecular weight excluding hydrogens is 455 g/mol. The van der Waals surface area contributed by atoms with E-state index in [2.05, 4.69) is 25.5 Å². The molecule has 0 amide bonds. The molecular formula is C17H24F2IN5O. The Morgan fingerprint density at radius 3 is 2.73 bits per heavy atom. The molecule has 0 bridgehead atoms. The van der Waals surface area contributed by atoms with Gasteiger partial charge in [0.25, 0.3) is 0 Å². The predicted octanol–water partition coefficient (Wildman–Crippen LogP) is 2.94. The third kappa shape index (κ3) is 7.54. The highest BCUT2D eigenvalue weighted by Gasteiger charge is 2.09. The SMILES string of the molecule is CN=C(NCCCc1cnn(C)c1)NCc1ccccc1OC(F)F.I. The molecule has 26 heavy (non-hydrogen) atoms. The summed E-state index contributed by atoms with van der Waals surface area (Å²) in [4.78, 5) is 4.13. The van der Waals surface area contributed by atoms with Crippen molar-refractivity contribution in [3.05, 3.63) is 47.8 Å². The molecule has 6 nitrogen and oxygen atoms in total. The van der Waals surface area contributed by atoms with E-state index in [1.807, 2.05) is 19.4 Å². The van der Waals surface area contributed by atoms with Crippen LogP contribution in [0.5, 0.6) is 5.75 Å². The number of rotatable bonds is 8. The molecule has 0 aliphatic heterocycles. The molecule has 0 saturated carbocycles. The first kappa shape index (κ1) is 22.1. The number of para-hydroxylation sites is 1. The molecule has 2 aromatic rings. The second kappa shape index (κ2) is 11.7. The molecule has 1 aromatic heterocycles. The van der Waals surface area contributed by atoms with Crippen molar-refractivity contribution in [2.45, 2.75) is 26.0 Å². The van der Waals surface area contributed by atoms with Crippen molar-refractivity contribution in [3.8, 4) is 5.75 Å². The van der Waals surface area contributed by atoms with Gasteiger partial charge in [-0.25, -0.2) is 0 Å². The van der Waals surface area contributed by atoms with Crippen LogP contribution in [0.1, 0.15) is 17.5 Å². The van der Waals surface area contributed by atoms with Gasteiger partial charge in [0.1, 0.15) is 5.75 Å². The van der Waals surface area contributed by atoms with Crippen LogP contribution in [0.2, 0.25) is 0 Å². The Hall–Kier alpha value is -1.91. The van der Waals surface area contributed by atoms with E-state index in [0.717, 1.165) is 19.4 Å². The van der Waals surface area contributed by atoms with Crippen molar-refractivity contribution < 1.29 is 13.5 Å². The van der Waals surface area contributed by atoms with Crippen LogP contribution in [0.4, 0.5) is 8.78 Å². The number of benzene rings is 1. The summed E-state index contributed by atoms with van der Waals surface area (Å²) in [5.41, 5.74) is 1.83. The van der Waals surface area contributed by atoms with Crippen LogP contribution in [-0.4, -0.2) is 35.9 Å². The van der Waals surface area contributed by atoms with Gasteiger partial charge >= 0.3 is 6.61 Å². The van der Waals surface area contributed by atoms with E-state index < -0.39 is 6.61 Å². The molecule has 1 heterocycles. The first-order valence-corrected chi connectivity index (χ1v) is 8.03. The first-order valence-electron chi connectivity index (χ1n) is 8.03. The summed E-state index contributed by atoms with van der Waals surface area (Å²) < 4.78 is 31.2. The molecule has 1 aromatic carbocycles. The summed E-state index contributed by atoms with van der Waals surface area (Å²) in [7, 11) is 3.56. The van der Waals surface area contributed by atoms with Gasteiger partial charge in [-0.3, -0.25) is 9.67 Å². The number of aliphatic imine (C=N–C) groups is 1. The maximum atomic E-state index is 12.4. The van der Waals surface area contributed by atoms with Crippen molar-refractivity contribution in [3.63, 3.8) is 0 Å². The molecule has 0 aliphatic carbocycles. The third-order valence-corrected chi connectivity index (χ3v) is 3.55. The number of aryl methyl sites for hydroxylation is 2. The minimum atomic E-state index is -2.84. The lowest BCUT2D eigenvalue weighted by Crippen LogP contribution is -2.37. The van der Waals surface area contributed by atoms with Crippen LogP contribution >= 0.6 is 24.0 Å². The number of nitrogens with one attached hydrogen (secondary N) is 2. The quantitative estimate of drug-likeness (QED) is 0.265. The minimum Gasteiger partial charge on any atom is -0.434 e. The standard InChI is InChI=1S/C17H23F2N5O.HI/c1-20-17(21-9-5-6-13-10-23-24(2)12-13)22-11-14-7-3-4-8-15(14)25-16(18)19;/h3-4,7-8,10,12,16H,5-6,9,11H2,1-2H3,(H2,20,21,22);1H. The Bertz CT molecular complexity index is 693. The van der Waals surface area contributed by atoms with Gasteiger partial charge in [0.15, 0.2) is 5.96 Å². The van der Waals surface area contributed by atoms with Crippen molar-refractivity contribution >= 4 is 29.9 Å². The number of aromatic nitrogens is 2. The molecule has 0 unspecified atom stereocenters. The Morgan fingerprint density at radius 1 is 1.31 bits per heavy atom. The molecule has 2 rings (SSSR count). The predicted molar refractivity (Wildman–Crippen MR) is 108 cm³/mol. The monoisotopic (exact) mass is 479 g/mol. The van der Waals surface area contributed by atoms with Crippen LogP contribution in [0.25, 0.3) is 0 Å². The van der Waals surface area contributed by atoms with E-state index in [0.29, 0.717) is 18.1 Å². The van der Waals surface area contributed by atoms with Crippen molar-refractivity contribution in [1.29, 1.82) is 0 Å². The van der Waals surface area contributed by atoms with Crippen molar-refractivity contribution in [2.24, 2.45) is 12.0 Å². The molecule has 0 saturated heterocycles. The van der Waals surface area contributed by atoms with E-state index in [-0.39, 0.29) is 29.7 Å². The zero-order chi connectivity index (χ0) is 18.1. The summed E-state index contributed by atoms with van der Waals surface area (Å²) in [6.07, 6.45) is 5.69. The molecule has 0 spiro atoms. The highest BCUT2D eigenvalue weighted by Crippen LogP contribution is 2.19. The summed E-state index contributed by atoms with van der Waals surface area (Å²) >= 11 is 0. The molecule has 2 N–H and O–H groups in total. The number of nitrogens with zero attached hydrogens (tertiary/aromatic N) is 3. The zero-order valence-electron chi connectivity index (χ0n) is 14.8. The van der Waals surface area contributed by atoms with Gasteiger partial charge in [-0.05, 0) is 24.5 Å². The Labute approximate surface area is 169 Å². The van der Waals surface area contributed by atoms with Gasteiger partial charge in [-0.15, -0.1) is 24.0 Å². The fourth-order valence-corrected chi connectivity index (χ4v) is 2.36. The third-order valence-electron chi connectivity index (χ3n) is 3.55. The number of halogens is 3. The number of hydrogen-bond donors (Lipinski definition) is 2. The van der Waals surface area contributed by atoms with Crippen molar-refractivity contribution in [1.82, 2.24) is 20.4 Å². The van der Waals surface area contributed by atoms with E-state index in [9.17, 15) is 8.78 Å². The fraction of sp³-hybridized carbons (Fsp3) is 0.412. The minimum absolute atomic E-state index is 0. The van der Waals surface area contributed by atoms with E-state index >= 15 is 0 Å². The number of ether oxygens (including phenoxy) is 1. The molecule has 0 aliphatic rings. The highest BCUT2D eigenvalue weighted by atomic mass is 127. The van der Waals surface area contributed by atoms with Gasteiger partial charge in [-0.2, -0.15) is 13.9 Å². The summed E-state index contributed by atoms with van der Waals surface area (Å²) in [6.45, 7) is -1.76. The largest absolute Gasteiger partial charge is 0.434 e. The maximum Gasteiger partial charge on any atom is 0.387 e. The van der Waals surface area contributed by atoms with Gasteiger partial charge in [0.05, 0.1) is 6.20 Å². The zero-order valence-corrected chi connectivity index (χ0v) is 17.1. The maximum absolute atomic E-state index is 12.4. The van der Waals surface area contributed by atoms with Crippen LogP contribution in [-0.2, 0) is 20.0 Å². The lowest BCUT2D eigenvalue weighted by Gasteiger charge is -2.14. The molecule has 9 heteroatoms. The molecule has 144 valence electrons. The van der Waals surface area contributed by atoms with Crippen molar-refractivity contribution in [2.75, 3.05) is 13.6 Å². The van der Waals surface area contributed by atoms with Crippen LogP contribution in [0.3, 0.4) is 0 Å². The Kier molecular flexibility index (Phi) is 9.92. The molecule has 0 radical (unpaired) electrons. The fourth-order valence-electron chi connectivity index (χ4n) is 2.36. The average molecular weight is 479 g/mol. The second-order valence-electron chi connectivity index (χ2n) is 5.46. The topological polar surface area (TPSA) is 63.5 Å². The summed E-state index contributed by atoms with van der Waals surface area (Å²) in [6, 6.07) is 6.69. The van der Waals surface area contributed by atoms with E-state index in [4.69, 9.17) is 0 Å².